The van der Waals surface area contributed by atoms with E-state index in [9.17, 15) is 19.7 Å². The van der Waals surface area contributed by atoms with Crippen LogP contribution in [0.4, 0.5) is 17.2 Å². The Morgan fingerprint density at radius 1 is 1.19 bits per heavy atom. The number of rotatable bonds is 7. The molecule has 3 aromatic rings. The van der Waals surface area contributed by atoms with Gasteiger partial charge in [0.25, 0.3) is 5.69 Å². The summed E-state index contributed by atoms with van der Waals surface area (Å²) < 4.78 is 6.47. The monoisotopic (exact) mass is 425 g/mol. The van der Waals surface area contributed by atoms with Crippen molar-refractivity contribution in [3.63, 3.8) is 0 Å². The van der Waals surface area contributed by atoms with Crippen LogP contribution in [0.3, 0.4) is 0 Å². The molecule has 31 heavy (non-hydrogen) atoms. The summed E-state index contributed by atoms with van der Waals surface area (Å²) in [7, 11) is 0. The molecular formula is C21H23N5O5. The highest BCUT2D eigenvalue weighted by Crippen LogP contribution is 2.21. The number of aromatic nitrogens is 2. The summed E-state index contributed by atoms with van der Waals surface area (Å²) in [6.07, 6.45) is 5.88. The third-order valence-corrected chi connectivity index (χ3v) is 5.36. The molecule has 0 saturated carbocycles. The van der Waals surface area contributed by atoms with Crippen molar-refractivity contribution in [2.45, 2.75) is 38.6 Å². The van der Waals surface area contributed by atoms with Crippen molar-refractivity contribution >= 4 is 34.2 Å². The number of carbonyl (C=O) groups is 1. The first kappa shape index (κ1) is 20.6. The van der Waals surface area contributed by atoms with Crippen LogP contribution in [0.2, 0.25) is 0 Å². The number of oxazole rings is 1. The lowest BCUT2D eigenvalue weighted by Crippen LogP contribution is -2.30. The molecule has 0 atom stereocenters. The minimum atomic E-state index is -0.603. The third kappa shape index (κ3) is 4.73. The molecule has 0 bridgehead atoms. The van der Waals surface area contributed by atoms with Crippen LogP contribution in [0.5, 0.6) is 0 Å². The number of piperidine rings is 1. The van der Waals surface area contributed by atoms with Crippen molar-refractivity contribution in [1.29, 1.82) is 0 Å². The first-order valence-electron chi connectivity index (χ1n) is 10.3. The Labute approximate surface area is 177 Å². The number of fused-ring (bicyclic) bond motifs is 1. The van der Waals surface area contributed by atoms with Crippen molar-refractivity contribution in [3.05, 3.63) is 57.2 Å². The van der Waals surface area contributed by atoms with Crippen LogP contribution in [0.25, 0.3) is 11.1 Å². The van der Waals surface area contributed by atoms with Crippen molar-refractivity contribution in [2.75, 3.05) is 23.3 Å². The summed E-state index contributed by atoms with van der Waals surface area (Å²) in [5.41, 5.74) is 1.11. The summed E-state index contributed by atoms with van der Waals surface area (Å²) >= 11 is 0. The van der Waals surface area contributed by atoms with E-state index in [-0.39, 0.29) is 30.1 Å². The van der Waals surface area contributed by atoms with Crippen molar-refractivity contribution in [1.82, 2.24) is 9.55 Å². The predicted octanol–water partition coefficient (Wildman–Crippen LogP) is 3.31. The molecule has 1 aromatic carbocycles. The van der Waals surface area contributed by atoms with Gasteiger partial charge in [0.15, 0.2) is 5.58 Å². The molecule has 0 spiro atoms. The summed E-state index contributed by atoms with van der Waals surface area (Å²) in [5, 5.41) is 13.7. The summed E-state index contributed by atoms with van der Waals surface area (Å²) in [4.78, 5) is 41.3. The van der Waals surface area contributed by atoms with Crippen LogP contribution < -0.4 is 16.0 Å². The van der Waals surface area contributed by atoms with Gasteiger partial charge in [0.1, 0.15) is 5.82 Å². The minimum absolute atomic E-state index is 0.146. The largest absolute Gasteiger partial charge is 0.419 e. The van der Waals surface area contributed by atoms with E-state index in [1.54, 1.807) is 6.20 Å². The molecule has 4 rings (SSSR count). The number of nitrogens with zero attached hydrogens (tertiary/aromatic N) is 4. The zero-order valence-electron chi connectivity index (χ0n) is 17.0. The Balaban J connectivity index is 1.32. The second-order valence-electron chi connectivity index (χ2n) is 7.53. The van der Waals surface area contributed by atoms with E-state index < -0.39 is 10.7 Å². The number of non-ortho nitro benzene ring substituents is 1. The Morgan fingerprint density at radius 3 is 2.71 bits per heavy atom. The molecule has 1 aliphatic rings. The van der Waals surface area contributed by atoms with Gasteiger partial charge in [-0.05, 0) is 43.9 Å². The lowest BCUT2D eigenvalue weighted by Gasteiger charge is -2.27. The van der Waals surface area contributed by atoms with E-state index in [2.05, 4.69) is 15.2 Å². The number of hydrogen-bond acceptors (Lipinski definition) is 7. The highest BCUT2D eigenvalue weighted by atomic mass is 16.6. The molecule has 1 amide bonds. The molecule has 0 radical (unpaired) electrons. The fourth-order valence-electron chi connectivity index (χ4n) is 3.77. The van der Waals surface area contributed by atoms with Crippen LogP contribution in [0.1, 0.15) is 32.1 Å². The topological polar surface area (TPSA) is 124 Å². The third-order valence-electron chi connectivity index (χ3n) is 5.36. The van der Waals surface area contributed by atoms with Crippen LogP contribution in [-0.2, 0) is 11.3 Å². The number of nitro benzene ring substituents is 1. The predicted molar refractivity (Wildman–Crippen MR) is 115 cm³/mol. The molecule has 1 N–H and O–H groups in total. The average Bonchev–Trinajstić information content (AvgIpc) is 3.09. The summed E-state index contributed by atoms with van der Waals surface area (Å²) in [6, 6.07) is 7.78. The molecule has 2 aromatic heterocycles. The molecular weight excluding hydrogens is 402 g/mol. The molecule has 10 nitrogen and oxygen atoms in total. The van der Waals surface area contributed by atoms with Crippen LogP contribution >= 0.6 is 0 Å². The number of amides is 1. The van der Waals surface area contributed by atoms with Gasteiger partial charge in [0, 0.05) is 32.1 Å². The number of aryl methyl sites for hydroxylation is 1. The number of carbonyl (C=O) groups excluding carboxylic acids is 1. The Hall–Kier alpha value is -3.69. The normalized spacial score (nSPS) is 14.0. The van der Waals surface area contributed by atoms with Gasteiger partial charge >= 0.3 is 5.76 Å². The number of nitrogens with one attached hydrogen (secondary N) is 1. The second kappa shape index (κ2) is 8.99. The molecule has 0 unspecified atom stereocenters. The molecule has 3 heterocycles. The van der Waals surface area contributed by atoms with E-state index >= 15 is 0 Å². The first-order valence-corrected chi connectivity index (χ1v) is 10.3. The number of benzene rings is 1. The zero-order valence-corrected chi connectivity index (χ0v) is 17.0. The Morgan fingerprint density at radius 2 is 2.00 bits per heavy atom. The maximum Gasteiger partial charge on any atom is 0.419 e. The number of anilines is 2. The number of hydrogen-bond donors (Lipinski definition) is 1. The van der Waals surface area contributed by atoms with Crippen LogP contribution in [-0.4, -0.2) is 33.5 Å². The summed E-state index contributed by atoms with van der Waals surface area (Å²) in [6.45, 7) is 2.28. The van der Waals surface area contributed by atoms with Crippen molar-refractivity contribution in [2.24, 2.45) is 0 Å². The van der Waals surface area contributed by atoms with Gasteiger partial charge in [-0.25, -0.2) is 9.78 Å². The summed E-state index contributed by atoms with van der Waals surface area (Å²) in [5.74, 6) is 0.140. The van der Waals surface area contributed by atoms with Gasteiger partial charge in [-0.3, -0.25) is 19.5 Å². The van der Waals surface area contributed by atoms with E-state index in [0.29, 0.717) is 17.6 Å². The van der Waals surface area contributed by atoms with Crippen molar-refractivity contribution < 1.29 is 14.1 Å². The quantitative estimate of drug-likeness (QED) is 0.455. The van der Waals surface area contributed by atoms with Gasteiger partial charge in [-0.2, -0.15) is 0 Å². The highest BCUT2D eigenvalue weighted by Gasteiger charge is 2.15. The van der Waals surface area contributed by atoms with E-state index in [4.69, 9.17) is 4.42 Å². The maximum atomic E-state index is 12.3. The van der Waals surface area contributed by atoms with Gasteiger partial charge in [-0.15, -0.1) is 0 Å². The average molecular weight is 425 g/mol. The number of pyridine rings is 1. The Bertz CT molecular complexity index is 1150. The van der Waals surface area contributed by atoms with Gasteiger partial charge < -0.3 is 14.6 Å². The smallest absolute Gasteiger partial charge is 0.407 e. The molecule has 1 aliphatic heterocycles. The fraction of sp³-hybridized carbons (Fsp3) is 0.381. The second-order valence-corrected chi connectivity index (χ2v) is 7.53. The number of nitro groups is 1. The van der Waals surface area contributed by atoms with Crippen molar-refractivity contribution in [3.8, 4) is 0 Å². The molecule has 1 fully saturated rings. The maximum absolute atomic E-state index is 12.3. The standard InChI is InChI=1S/C21H23N5O5/c27-20(23-15-6-9-19(22-14-15)24-10-2-1-3-11-24)5-4-12-25-17-8-7-16(26(29)30)13-18(17)31-21(25)28/h6-9,13-14H,1-5,10-12H2,(H,23,27). The van der Waals surface area contributed by atoms with Gasteiger partial charge in [0.05, 0.1) is 28.4 Å². The zero-order chi connectivity index (χ0) is 21.8. The highest BCUT2D eigenvalue weighted by molar-refractivity contribution is 5.90. The molecule has 10 heteroatoms. The van der Waals surface area contributed by atoms with Crippen LogP contribution in [0.15, 0.2) is 45.7 Å². The Kier molecular flexibility index (Phi) is 5.96. The lowest BCUT2D eigenvalue weighted by molar-refractivity contribution is -0.384. The van der Waals surface area contributed by atoms with E-state index in [1.165, 1.54) is 42.0 Å². The first-order chi connectivity index (χ1) is 15.0. The van der Waals surface area contributed by atoms with Gasteiger partial charge in [-0.1, -0.05) is 0 Å². The molecule has 1 saturated heterocycles. The molecule has 0 aliphatic carbocycles. The lowest BCUT2D eigenvalue weighted by atomic mass is 10.1. The van der Waals surface area contributed by atoms with Gasteiger partial charge in [0.2, 0.25) is 5.91 Å². The van der Waals surface area contributed by atoms with Crippen LogP contribution in [0, 0.1) is 10.1 Å². The van der Waals surface area contributed by atoms with E-state index in [0.717, 1.165) is 18.9 Å². The van der Waals surface area contributed by atoms with E-state index in [1.807, 2.05) is 12.1 Å². The molecule has 162 valence electrons. The SMILES string of the molecule is O=C(CCCn1c(=O)oc2cc([N+](=O)[O-])ccc21)Nc1ccc(N2CCCCC2)nc1. The fourth-order valence-corrected chi connectivity index (χ4v) is 3.77. The minimum Gasteiger partial charge on any atom is -0.407 e.